The predicted octanol–water partition coefficient (Wildman–Crippen LogP) is 0.719. The van der Waals surface area contributed by atoms with E-state index in [2.05, 4.69) is 5.32 Å². The van der Waals surface area contributed by atoms with Gasteiger partial charge in [0.05, 0.1) is 6.42 Å². The number of aliphatic carboxylic acids is 1. The SMILES string of the molecule is CSCCC(CC(=O)O)NC(C)=O. The maximum Gasteiger partial charge on any atom is 0.305 e. The third kappa shape index (κ3) is 7.64. The lowest BCUT2D eigenvalue weighted by atomic mass is 10.1. The standard InChI is InChI=1S/C8H15NO3S/c1-6(10)9-7(3-4-13-2)5-8(11)12/h7H,3-5H2,1-2H3,(H,9,10)(H,11,12). The summed E-state index contributed by atoms with van der Waals surface area (Å²) in [7, 11) is 0. The van der Waals surface area contributed by atoms with Gasteiger partial charge in [0.15, 0.2) is 0 Å². The van der Waals surface area contributed by atoms with Crippen LogP contribution in [0.4, 0.5) is 0 Å². The van der Waals surface area contributed by atoms with Crippen LogP contribution in [0.1, 0.15) is 19.8 Å². The Bertz CT molecular complexity index is 168. The third-order valence-corrected chi connectivity index (χ3v) is 2.14. The van der Waals surface area contributed by atoms with Gasteiger partial charge in [-0.15, -0.1) is 0 Å². The molecule has 0 heterocycles. The summed E-state index contributed by atoms with van der Waals surface area (Å²) in [6, 6.07) is -0.234. The molecule has 13 heavy (non-hydrogen) atoms. The normalized spacial score (nSPS) is 12.2. The molecular formula is C8H15NO3S. The lowest BCUT2D eigenvalue weighted by Crippen LogP contribution is -2.35. The first-order valence-corrected chi connectivity index (χ1v) is 5.43. The zero-order chi connectivity index (χ0) is 10.3. The number of hydrogen-bond acceptors (Lipinski definition) is 3. The van der Waals surface area contributed by atoms with Crippen molar-refractivity contribution in [1.82, 2.24) is 5.32 Å². The summed E-state index contributed by atoms with van der Waals surface area (Å²) in [5.41, 5.74) is 0. The maximum atomic E-state index is 10.7. The molecule has 0 rings (SSSR count). The predicted molar refractivity (Wildman–Crippen MR) is 52.9 cm³/mol. The minimum Gasteiger partial charge on any atom is -0.481 e. The van der Waals surface area contributed by atoms with Crippen LogP contribution in [-0.4, -0.2) is 35.0 Å². The van der Waals surface area contributed by atoms with Crippen LogP contribution in [0.15, 0.2) is 0 Å². The van der Waals surface area contributed by atoms with Gasteiger partial charge in [-0.25, -0.2) is 0 Å². The summed E-state index contributed by atoms with van der Waals surface area (Å²) >= 11 is 1.64. The number of rotatable bonds is 6. The molecular weight excluding hydrogens is 190 g/mol. The second-order valence-corrected chi connectivity index (χ2v) is 3.76. The fraction of sp³-hybridized carbons (Fsp3) is 0.750. The van der Waals surface area contributed by atoms with Crippen LogP contribution in [0.25, 0.3) is 0 Å². The Morgan fingerprint density at radius 3 is 2.54 bits per heavy atom. The summed E-state index contributed by atoms with van der Waals surface area (Å²) in [6.45, 7) is 1.40. The van der Waals surface area contributed by atoms with Crippen LogP contribution in [0.5, 0.6) is 0 Å². The molecule has 4 nitrogen and oxygen atoms in total. The van der Waals surface area contributed by atoms with Crippen molar-refractivity contribution >= 4 is 23.6 Å². The van der Waals surface area contributed by atoms with Gasteiger partial charge >= 0.3 is 5.97 Å². The van der Waals surface area contributed by atoms with Gasteiger partial charge in [-0.05, 0) is 18.4 Å². The maximum absolute atomic E-state index is 10.7. The van der Waals surface area contributed by atoms with E-state index in [9.17, 15) is 9.59 Å². The van der Waals surface area contributed by atoms with Gasteiger partial charge in [-0.3, -0.25) is 9.59 Å². The molecule has 1 amide bonds. The minimum absolute atomic E-state index is 0.000139. The van der Waals surface area contributed by atoms with Crippen molar-refractivity contribution in [3.8, 4) is 0 Å². The number of carboxylic acid groups (broad SMARTS) is 1. The van der Waals surface area contributed by atoms with Crippen LogP contribution in [0.2, 0.25) is 0 Å². The molecule has 0 aliphatic heterocycles. The van der Waals surface area contributed by atoms with Gasteiger partial charge < -0.3 is 10.4 Å². The second-order valence-electron chi connectivity index (χ2n) is 2.78. The zero-order valence-corrected chi connectivity index (χ0v) is 8.69. The molecule has 2 N–H and O–H groups in total. The zero-order valence-electron chi connectivity index (χ0n) is 7.87. The lowest BCUT2D eigenvalue weighted by molar-refractivity contribution is -0.137. The van der Waals surface area contributed by atoms with E-state index >= 15 is 0 Å². The molecule has 0 aromatic carbocycles. The fourth-order valence-corrected chi connectivity index (χ4v) is 1.50. The summed E-state index contributed by atoms with van der Waals surface area (Å²) < 4.78 is 0. The van der Waals surface area contributed by atoms with Crippen LogP contribution in [-0.2, 0) is 9.59 Å². The number of nitrogens with one attached hydrogen (secondary N) is 1. The van der Waals surface area contributed by atoms with E-state index in [0.717, 1.165) is 5.75 Å². The molecule has 0 fully saturated rings. The number of carbonyl (C=O) groups excluding carboxylic acids is 1. The molecule has 1 unspecified atom stereocenters. The highest BCUT2D eigenvalue weighted by atomic mass is 32.2. The van der Waals surface area contributed by atoms with Crippen molar-refractivity contribution in [2.45, 2.75) is 25.8 Å². The minimum atomic E-state index is -0.875. The van der Waals surface area contributed by atoms with E-state index in [1.165, 1.54) is 6.92 Å². The van der Waals surface area contributed by atoms with Crippen molar-refractivity contribution in [2.75, 3.05) is 12.0 Å². The summed E-state index contributed by atoms with van der Waals surface area (Å²) in [5.74, 6) is -0.190. The highest BCUT2D eigenvalue weighted by Gasteiger charge is 2.13. The fourth-order valence-electron chi connectivity index (χ4n) is 0.984. The number of carboxylic acids is 1. The van der Waals surface area contributed by atoms with Gasteiger partial charge in [0.1, 0.15) is 0 Å². The van der Waals surface area contributed by atoms with E-state index in [0.29, 0.717) is 6.42 Å². The Kier molecular flexibility index (Phi) is 6.40. The first-order valence-electron chi connectivity index (χ1n) is 4.04. The van der Waals surface area contributed by atoms with Crippen molar-refractivity contribution in [3.05, 3.63) is 0 Å². The van der Waals surface area contributed by atoms with Crippen LogP contribution < -0.4 is 5.32 Å². The van der Waals surface area contributed by atoms with E-state index in [4.69, 9.17) is 5.11 Å². The van der Waals surface area contributed by atoms with Crippen LogP contribution in [0.3, 0.4) is 0 Å². The first kappa shape index (κ1) is 12.3. The third-order valence-electron chi connectivity index (χ3n) is 1.50. The van der Waals surface area contributed by atoms with Crippen LogP contribution in [0, 0.1) is 0 Å². The van der Waals surface area contributed by atoms with Crippen LogP contribution >= 0.6 is 11.8 Å². The molecule has 1 atom stereocenters. The average molecular weight is 205 g/mol. The summed E-state index contributed by atoms with van der Waals surface area (Å²) in [5, 5.41) is 11.2. The van der Waals surface area contributed by atoms with E-state index < -0.39 is 5.97 Å². The molecule has 0 saturated heterocycles. The number of hydrogen-bond donors (Lipinski definition) is 2. The van der Waals surface area contributed by atoms with Gasteiger partial charge in [0.2, 0.25) is 5.91 Å². The number of carbonyl (C=O) groups is 2. The molecule has 0 aromatic heterocycles. The average Bonchev–Trinajstić information content (AvgIpc) is 1.98. The Balaban J connectivity index is 3.87. The first-order chi connectivity index (χ1) is 6.06. The highest BCUT2D eigenvalue weighted by Crippen LogP contribution is 2.04. The second kappa shape index (κ2) is 6.77. The summed E-state index contributed by atoms with van der Waals surface area (Å²) in [4.78, 5) is 21.1. The van der Waals surface area contributed by atoms with Gasteiger partial charge in [-0.1, -0.05) is 0 Å². The number of thioether (sulfide) groups is 1. The quantitative estimate of drug-likeness (QED) is 0.670. The van der Waals surface area contributed by atoms with E-state index in [-0.39, 0.29) is 18.4 Å². The van der Waals surface area contributed by atoms with Crippen molar-refractivity contribution in [2.24, 2.45) is 0 Å². The van der Waals surface area contributed by atoms with Crippen molar-refractivity contribution in [3.63, 3.8) is 0 Å². The topological polar surface area (TPSA) is 66.4 Å². The Morgan fingerprint density at radius 1 is 1.54 bits per heavy atom. The molecule has 0 bridgehead atoms. The molecule has 0 aliphatic rings. The molecule has 0 radical (unpaired) electrons. The van der Waals surface area contributed by atoms with Gasteiger partial charge in [0, 0.05) is 13.0 Å². The molecule has 5 heteroatoms. The number of amides is 1. The Morgan fingerprint density at radius 2 is 2.15 bits per heavy atom. The highest BCUT2D eigenvalue weighted by molar-refractivity contribution is 7.98. The Labute approximate surface area is 82.1 Å². The largest absolute Gasteiger partial charge is 0.481 e. The van der Waals surface area contributed by atoms with Crippen molar-refractivity contribution in [1.29, 1.82) is 0 Å². The molecule has 0 aliphatic carbocycles. The van der Waals surface area contributed by atoms with E-state index in [1.54, 1.807) is 11.8 Å². The van der Waals surface area contributed by atoms with Gasteiger partial charge in [0.25, 0.3) is 0 Å². The van der Waals surface area contributed by atoms with E-state index in [1.807, 2.05) is 6.26 Å². The van der Waals surface area contributed by atoms with Gasteiger partial charge in [-0.2, -0.15) is 11.8 Å². The Hall–Kier alpha value is -0.710. The van der Waals surface area contributed by atoms with Crippen molar-refractivity contribution < 1.29 is 14.7 Å². The molecule has 76 valence electrons. The molecule has 0 aromatic rings. The lowest BCUT2D eigenvalue weighted by Gasteiger charge is -2.14. The smallest absolute Gasteiger partial charge is 0.305 e. The molecule has 0 spiro atoms. The molecule has 0 saturated carbocycles. The monoisotopic (exact) mass is 205 g/mol. The summed E-state index contributed by atoms with van der Waals surface area (Å²) in [6.07, 6.45) is 2.65.